The molecule has 3 aromatic heterocycles. The van der Waals surface area contributed by atoms with Crippen molar-refractivity contribution in [3.8, 4) is 23.6 Å². The van der Waals surface area contributed by atoms with Crippen molar-refractivity contribution in [2.24, 2.45) is 11.8 Å². The highest BCUT2D eigenvalue weighted by Gasteiger charge is 2.23. The Bertz CT molecular complexity index is 1300. The van der Waals surface area contributed by atoms with Crippen LogP contribution in [0.25, 0.3) is 5.65 Å². The molecule has 0 unspecified atom stereocenters. The third-order valence-corrected chi connectivity index (χ3v) is 5.50. The topological polar surface area (TPSA) is 149 Å². The molecule has 3 aromatic rings. The average molecular weight is 475 g/mol. The van der Waals surface area contributed by atoms with Crippen molar-refractivity contribution in [2.75, 3.05) is 18.9 Å². The van der Waals surface area contributed by atoms with Gasteiger partial charge in [-0.15, -0.1) is 0 Å². The van der Waals surface area contributed by atoms with Crippen LogP contribution >= 0.6 is 0 Å². The van der Waals surface area contributed by atoms with Gasteiger partial charge < -0.3 is 24.3 Å². The van der Waals surface area contributed by atoms with Gasteiger partial charge in [0.15, 0.2) is 11.5 Å². The van der Waals surface area contributed by atoms with Crippen LogP contribution in [0.4, 0.5) is 5.82 Å². The predicted octanol–water partition coefficient (Wildman–Crippen LogP) is 3.38. The van der Waals surface area contributed by atoms with Crippen LogP contribution in [0, 0.1) is 34.5 Å². The molecule has 2 aliphatic carbocycles. The lowest BCUT2D eigenvalue weighted by molar-refractivity contribution is -0.142. The maximum Gasteiger partial charge on any atom is 0.303 e. The summed E-state index contributed by atoms with van der Waals surface area (Å²) >= 11 is 0. The van der Waals surface area contributed by atoms with Crippen molar-refractivity contribution in [3.63, 3.8) is 0 Å². The Kier molecular flexibility index (Phi) is 7.32. The highest BCUT2D eigenvalue weighted by atomic mass is 16.5. The summed E-state index contributed by atoms with van der Waals surface area (Å²) in [6.07, 6.45) is 9.87. The molecule has 3 heterocycles. The zero-order chi connectivity index (χ0) is 24.8. The summed E-state index contributed by atoms with van der Waals surface area (Å²) in [7, 11) is 0. The Hall–Kier alpha value is -4.31. The summed E-state index contributed by atoms with van der Waals surface area (Å²) < 4.78 is 17.9. The number of carbonyl (C=O) groups is 1. The van der Waals surface area contributed by atoms with E-state index in [9.17, 15) is 10.1 Å². The Morgan fingerprint density at radius 3 is 2.29 bits per heavy atom. The van der Waals surface area contributed by atoms with Crippen LogP contribution in [-0.4, -0.2) is 33.6 Å². The number of fused-ring (bicyclic) bond motifs is 1. The molecule has 2 fully saturated rings. The number of hydrogen-bond acceptors (Lipinski definition) is 9. The van der Waals surface area contributed by atoms with E-state index in [1.54, 1.807) is 22.9 Å². The van der Waals surface area contributed by atoms with Crippen LogP contribution in [0.2, 0.25) is 0 Å². The zero-order valence-corrected chi connectivity index (χ0v) is 19.4. The minimum Gasteiger partial charge on any atom is -0.490 e. The first-order valence-electron chi connectivity index (χ1n) is 11.4. The molecule has 0 bridgehead atoms. The molecule has 2 N–H and O–H groups in total. The van der Waals surface area contributed by atoms with Crippen molar-refractivity contribution < 1.29 is 19.0 Å². The van der Waals surface area contributed by atoms with Gasteiger partial charge in [-0.25, -0.2) is 9.97 Å². The van der Waals surface area contributed by atoms with Gasteiger partial charge in [0.05, 0.1) is 42.4 Å². The molecule has 180 valence electrons. The lowest BCUT2D eigenvalue weighted by Gasteiger charge is -2.07. The fraction of sp³-hybridized carbons (Fsp3) is 0.400. The number of aromatic nitrogens is 3. The molecule has 0 spiro atoms. The SMILES string of the molecule is CC(=O)OCc1cn2cc(OCC3CC3)c(C#N)cc2n1.N#Cc1cc(N)ncc1OCC1CC1. The first-order valence-corrected chi connectivity index (χ1v) is 11.4. The maximum absolute atomic E-state index is 10.8. The normalized spacial score (nSPS) is 14.3. The Morgan fingerprint density at radius 2 is 1.69 bits per heavy atom. The van der Waals surface area contributed by atoms with E-state index in [0.717, 1.165) is 0 Å². The average Bonchev–Trinajstić information content (AvgIpc) is 3.78. The molecule has 0 aliphatic heterocycles. The number of anilines is 1. The van der Waals surface area contributed by atoms with Crippen LogP contribution in [0.15, 0.2) is 30.7 Å². The Morgan fingerprint density at radius 1 is 1.06 bits per heavy atom. The van der Waals surface area contributed by atoms with E-state index >= 15 is 0 Å². The molecule has 35 heavy (non-hydrogen) atoms. The molecular weight excluding hydrogens is 448 g/mol. The molecular formula is C25H26N6O4. The summed E-state index contributed by atoms with van der Waals surface area (Å²) in [5.41, 5.74) is 7.64. The van der Waals surface area contributed by atoms with Gasteiger partial charge in [0, 0.05) is 25.3 Å². The van der Waals surface area contributed by atoms with E-state index in [4.69, 9.17) is 25.2 Å². The number of nitrogens with two attached hydrogens (primary N) is 1. The third-order valence-electron chi connectivity index (χ3n) is 5.50. The molecule has 0 amide bonds. The van der Waals surface area contributed by atoms with E-state index < -0.39 is 0 Å². The maximum atomic E-state index is 10.8. The molecule has 0 aromatic carbocycles. The lowest BCUT2D eigenvalue weighted by atomic mass is 10.2. The summed E-state index contributed by atoms with van der Waals surface area (Å²) in [6, 6.07) is 7.37. The molecule has 0 saturated heterocycles. The highest BCUT2D eigenvalue weighted by Crippen LogP contribution is 2.31. The smallest absolute Gasteiger partial charge is 0.303 e. The second-order valence-corrected chi connectivity index (χ2v) is 8.67. The van der Waals surface area contributed by atoms with Gasteiger partial charge in [-0.05, 0) is 37.5 Å². The van der Waals surface area contributed by atoms with E-state index in [0.29, 0.717) is 64.8 Å². The van der Waals surface area contributed by atoms with Crippen molar-refractivity contribution in [2.45, 2.75) is 39.2 Å². The number of esters is 1. The minimum absolute atomic E-state index is 0.122. The number of nitrogens with zero attached hydrogens (tertiary/aromatic N) is 5. The van der Waals surface area contributed by atoms with E-state index in [1.165, 1.54) is 44.9 Å². The first kappa shape index (κ1) is 23.8. The Balaban J connectivity index is 0.000000179. The number of pyridine rings is 2. The summed E-state index contributed by atoms with van der Waals surface area (Å²) in [5.74, 6) is 2.38. The first-order chi connectivity index (χ1) is 16.9. The number of ether oxygens (including phenoxy) is 3. The van der Waals surface area contributed by atoms with Gasteiger partial charge in [-0.3, -0.25) is 4.79 Å². The number of nitriles is 2. The van der Waals surface area contributed by atoms with Crippen molar-refractivity contribution >= 4 is 17.4 Å². The summed E-state index contributed by atoms with van der Waals surface area (Å²) in [4.78, 5) is 19.0. The molecule has 0 atom stereocenters. The second kappa shape index (κ2) is 10.7. The number of imidazole rings is 1. The number of carbonyl (C=O) groups excluding carboxylic acids is 1. The summed E-state index contributed by atoms with van der Waals surface area (Å²) in [6.45, 7) is 2.81. The second-order valence-electron chi connectivity index (χ2n) is 8.67. The fourth-order valence-corrected chi connectivity index (χ4v) is 3.16. The van der Waals surface area contributed by atoms with Crippen LogP contribution in [0.3, 0.4) is 0 Å². The van der Waals surface area contributed by atoms with Gasteiger partial charge in [-0.1, -0.05) is 0 Å². The highest BCUT2D eigenvalue weighted by molar-refractivity contribution is 5.66. The van der Waals surface area contributed by atoms with Gasteiger partial charge in [0.1, 0.15) is 30.2 Å². The van der Waals surface area contributed by atoms with Gasteiger partial charge in [-0.2, -0.15) is 10.5 Å². The molecule has 2 aliphatic rings. The summed E-state index contributed by atoms with van der Waals surface area (Å²) in [5, 5.41) is 18.0. The largest absolute Gasteiger partial charge is 0.490 e. The zero-order valence-electron chi connectivity index (χ0n) is 19.4. The molecule has 10 nitrogen and oxygen atoms in total. The van der Waals surface area contributed by atoms with Crippen LogP contribution in [-0.2, 0) is 16.1 Å². The quantitative estimate of drug-likeness (QED) is 0.485. The van der Waals surface area contributed by atoms with Gasteiger partial charge >= 0.3 is 5.97 Å². The van der Waals surface area contributed by atoms with Crippen LogP contribution in [0.5, 0.6) is 11.5 Å². The van der Waals surface area contributed by atoms with Gasteiger partial charge in [0.25, 0.3) is 0 Å². The third kappa shape index (κ3) is 6.84. The molecule has 0 radical (unpaired) electrons. The Labute approximate surface area is 202 Å². The van der Waals surface area contributed by atoms with Crippen molar-refractivity contribution in [1.82, 2.24) is 14.4 Å². The van der Waals surface area contributed by atoms with Crippen molar-refractivity contribution in [1.29, 1.82) is 10.5 Å². The van der Waals surface area contributed by atoms with E-state index in [1.807, 2.05) is 6.07 Å². The number of rotatable bonds is 8. The minimum atomic E-state index is -0.349. The van der Waals surface area contributed by atoms with Crippen molar-refractivity contribution in [3.05, 3.63) is 47.5 Å². The number of nitrogen functional groups attached to an aromatic ring is 1. The van der Waals surface area contributed by atoms with Gasteiger partial charge in [0.2, 0.25) is 0 Å². The van der Waals surface area contributed by atoms with E-state index in [-0.39, 0.29) is 12.6 Å². The van der Waals surface area contributed by atoms with E-state index in [2.05, 4.69) is 16.0 Å². The van der Waals surface area contributed by atoms with Crippen LogP contribution < -0.4 is 15.2 Å². The molecule has 10 heteroatoms. The van der Waals surface area contributed by atoms with Crippen LogP contribution in [0.1, 0.15) is 49.4 Å². The number of hydrogen-bond donors (Lipinski definition) is 1. The molecule has 5 rings (SSSR count). The monoisotopic (exact) mass is 474 g/mol. The lowest BCUT2D eigenvalue weighted by Crippen LogP contribution is -2.02. The molecule has 2 saturated carbocycles. The standard InChI is InChI=1S/C15H15N3O3.C10H11N3O/c1-10(19)20-9-13-6-18-7-14(21-8-11-2-3-11)12(5-16)4-15(18)17-13;11-4-8-3-10(12)13-5-9(8)14-6-7-1-2-7/h4,6-7,11H,2-3,8-9H2,1H3;3,5,7H,1-2,6H2,(H2,12,13). The fourth-order valence-electron chi connectivity index (χ4n) is 3.16. The predicted molar refractivity (Wildman–Crippen MR) is 125 cm³/mol.